The molecule has 9 heteroatoms. The number of anilines is 1. The molecule has 0 aliphatic carbocycles. The zero-order valence-corrected chi connectivity index (χ0v) is 27.2. The minimum Gasteiger partial charge on any atom is -0.370 e. The van der Waals surface area contributed by atoms with Crippen LogP contribution in [0.2, 0.25) is 0 Å². The van der Waals surface area contributed by atoms with Crippen molar-refractivity contribution in [1.82, 2.24) is 19.5 Å². The van der Waals surface area contributed by atoms with Gasteiger partial charge in [0.2, 0.25) is 0 Å². The maximum atomic E-state index is 7.21. The number of aromatic nitrogens is 4. The third-order valence-electron chi connectivity index (χ3n) is 8.14. The van der Waals surface area contributed by atoms with Crippen molar-refractivity contribution >= 4 is 17.0 Å². The van der Waals surface area contributed by atoms with Gasteiger partial charge in [-0.25, -0.2) is 15.0 Å². The van der Waals surface area contributed by atoms with Crippen LogP contribution in [0.15, 0.2) is 104 Å². The number of terminal acetylenes is 1. The van der Waals surface area contributed by atoms with Crippen LogP contribution in [0.1, 0.15) is 50.6 Å². The van der Waals surface area contributed by atoms with Gasteiger partial charge in [-0.15, -0.1) is 6.42 Å². The van der Waals surface area contributed by atoms with Gasteiger partial charge >= 0.3 is 0 Å². The highest BCUT2D eigenvalue weighted by Gasteiger charge is 2.50. The van der Waals surface area contributed by atoms with Crippen LogP contribution in [0.4, 0.5) is 5.82 Å². The zero-order chi connectivity index (χ0) is 32.8. The van der Waals surface area contributed by atoms with Crippen molar-refractivity contribution in [2.24, 2.45) is 0 Å². The van der Waals surface area contributed by atoms with E-state index >= 15 is 0 Å². The minimum atomic E-state index is -0.922. The first kappa shape index (κ1) is 32.4. The zero-order valence-electron chi connectivity index (χ0n) is 27.2. The van der Waals surface area contributed by atoms with E-state index in [-0.39, 0.29) is 18.8 Å². The molecule has 0 spiro atoms. The van der Waals surface area contributed by atoms with Crippen molar-refractivity contribution in [2.75, 3.05) is 18.5 Å². The summed E-state index contributed by atoms with van der Waals surface area (Å²) in [6.45, 7) is 8.57. The summed E-state index contributed by atoms with van der Waals surface area (Å²) in [5, 5.41) is 3.13. The number of nitrogens with zero attached hydrogens (tertiary/aromatic N) is 4. The highest BCUT2D eigenvalue weighted by molar-refractivity contribution is 5.82. The standard InChI is InChI=1S/C38H41N5O4/c1-6-22-39-35-32-36(41-24-40-35)43(25-42-32)37-34(46-27(4)5)33(45-26(2)3)31(47-37)23-44-38(28-16-10-7-11-17-28,29-18-12-8-13-19-29)30-20-14-9-15-21-30/h1,7-21,24-27,31,33-34,37H,22-23H2,2-5H3,(H,39,40,41)/t31-,33-,34-,37?/m0/s1. The summed E-state index contributed by atoms with van der Waals surface area (Å²) in [6, 6.07) is 30.9. The number of imidazole rings is 1. The van der Waals surface area contributed by atoms with Crippen molar-refractivity contribution < 1.29 is 18.9 Å². The summed E-state index contributed by atoms with van der Waals surface area (Å²) < 4.78 is 29.2. The van der Waals surface area contributed by atoms with E-state index in [1.807, 2.05) is 86.9 Å². The second kappa shape index (κ2) is 14.4. The molecule has 1 aliphatic rings. The molecule has 242 valence electrons. The topological polar surface area (TPSA) is 92.6 Å². The summed E-state index contributed by atoms with van der Waals surface area (Å²) in [4.78, 5) is 13.6. The van der Waals surface area contributed by atoms with Crippen LogP contribution in [-0.2, 0) is 24.5 Å². The van der Waals surface area contributed by atoms with Gasteiger partial charge in [-0.2, -0.15) is 0 Å². The summed E-state index contributed by atoms with van der Waals surface area (Å²) in [5.41, 5.74) is 3.28. The molecule has 0 saturated carbocycles. The number of hydrogen-bond acceptors (Lipinski definition) is 8. The Hall–Kier alpha value is -4.59. The third kappa shape index (κ3) is 6.64. The van der Waals surface area contributed by atoms with Crippen LogP contribution < -0.4 is 5.32 Å². The lowest BCUT2D eigenvalue weighted by Gasteiger charge is -2.37. The van der Waals surface area contributed by atoms with Crippen molar-refractivity contribution in [3.05, 3.63) is 120 Å². The molecule has 47 heavy (non-hydrogen) atoms. The molecule has 9 nitrogen and oxygen atoms in total. The quantitative estimate of drug-likeness (QED) is 0.119. The van der Waals surface area contributed by atoms with Crippen molar-refractivity contribution in [2.45, 2.75) is 70.0 Å². The fourth-order valence-corrected chi connectivity index (χ4v) is 6.28. The second-order valence-corrected chi connectivity index (χ2v) is 12.1. The van der Waals surface area contributed by atoms with E-state index in [2.05, 4.69) is 62.6 Å². The van der Waals surface area contributed by atoms with Crippen molar-refractivity contribution in [1.29, 1.82) is 0 Å². The normalized spacial score (nSPS) is 19.8. The number of fused-ring (bicyclic) bond motifs is 1. The SMILES string of the molecule is C#CCNc1ncnc2c1ncn2C1O[C@@H](COC(c2ccccc2)(c2ccccc2)c2ccccc2)[C@H](OC(C)C)[C@@H]1OC(C)C. The van der Waals surface area contributed by atoms with E-state index in [9.17, 15) is 0 Å². The number of ether oxygens (including phenoxy) is 4. The van der Waals surface area contributed by atoms with Crippen LogP contribution in [0.5, 0.6) is 0 Å². The van der Waals surface area contributed by atoms with Crippen LogP contribution >= 0.6 is 0 Å². The average molecular weight is 632 g/mol. The first-order valence-electron chi connectivity index (χ1n) is 16.0. The lowest BCUT2D eigenvalue weighted by molar-refractivity contribution is -0.119. The van der Waals surface area contributed by atoms with E-state index < -0.39 is 30.1 Å². The Morgan fingerprint density at radius 3 is 1.89 bits per heavy atom. The molecular weight excluding hydrogens is 590 g/mol. The molecule has 0 bridgehead atoms. The second-order valence-electron chi connectivity index (χ2n) is 12.1. The van der Waals surface area contributed by atoms with Gasteiger partial charge in [-0.3, -0.25) is 4.57 Å². The summed E-state index contributed by atoms with van der Waals surface area (Å²) in [6.07, 6.45) is 6.45. The monoisotopic (exact) mass is 631 g/mol. The predicted molar refractivity (Wildman–Crippen MR) is 182 cm³/mol. The Morgan fingerprint density at radius 1 is 0.809 bits per heavy atom. The molecule has 1 fully saturated rings. The number of nitrogens with one attached hydrogen (secondary N) is 1. The van der Waals surface area contributed by atoms with E-state index in [4.69, 9.17) is 25.4 Å². The smallest absolute Gasteiger partial charge is 0.167 e. The van der Waals surface area contributed by atoms with Gasteiger partial charge in [0, 0.05) is 0 Å². The largest absolute Gasteiger partial charge is 0.370 e. The molecule has 2 aromatic heterocycles. The Bertz CT molecular complexity index is 1680. The van der Waals surface area contributed by atoms with Gasteiger partial charge < -0.3 is 24.3 Å². The molecule has 1 unspecified atom stereocenters. The number of rotatable bonds is 13. The van der Waals surface area contributed by atoms with Crippen LogP contribution in [0.25, 0.3) is 11.2 Å². The highest BCUT2D eigenvalue weighted by Crippen LogP contribution is 2.43. The molecule has 0 radical (unpaired) electrons. The van der Waals surface area contributed by atoms with Gasteiger partial charge in [0.25, 0.3) is 0 Å². The lowest BCUT2D eigenvalue weighted by Crippen LogP contribution is -2.43. The van der Waals surface area contributed by atoms with Gasteiger partial charge in [-0.05, 0) is 44.4 Å². The van der Waals surface area contributed by atoms with Gasteiger partial charge in [0.05, 0.1) is 31.7 Å². The average Bonchev–Trinajstić information content (AvgIpc) is 3.66. The predicted octanol–water partition coefficient (Wildman–Crippen LogP) is 6.36. The highest BCUT2D eigenvalue weighted by atomic mass is 16.6. The first-order chi connectivity index (χ1) is 22.9. The maximum Gasteiger partial charge on any atom is 0.167 e. The molecule has 6 rings (SSSR count). The molecule has 1 aliphatic heterocycles. The molecule has 0 amide bonds. The molecule has 5 aromatic rings. The van der Waals surface area contributed by atoms with E-state index in [0.29, 0.717) is 23.5 Å². The Labute approximate surface area is 276 Å². The fourth-order valence-electron chi connectivity index (χ4n) is 6.28. The summed E-state index contributed by atoms with van der Waals surface area (Å²) >= 11 is 0. The Morgan fingerprint density at radius 2 is 1.36 bits per heavy atom. The maximum absolute atomic E-state index is 7.21. The minimum absolute atomic E-state index is 0.0911. The number of hydrogen-bond donors (Lipinski definition) is 1. The molecular formula is C38H41N5O4. The van der Waals surface area contributed by atoms with E-state index in [0.717, 1.165) is 16.7 Å². The fraction of sp³-hybridized carbons (Fsp3) is 0.342. The van der Waals surface area contributed by atoms with Crippen molar-refractivity contribution in [3.8, 4) is 12.3 Å². The van der Waals surface area contributed by atoms with Crippen LogP contribution in [0.3, 0.4) is 0 Å². The molecule has 3 heterocycles. The first-order valence-corrected chi connectivity index (χ1v) is 16.0. The van der Waals surface area contributed by atoms with E-state index in [1.54, 1.807) is 6.33 Å². The summed E-state index contributed by atoms with van der Waals surface area (Å²) in [5.74, 6) is 3.14. The number of benzene rings is 3. The third-order valence-corrected chi connectivity index (χ3v) is 8.14. The molecule has 3 aromatic carbocycles. The van der Waals surface area contributed by atoms with Crippen LogP contribution in [-0.4, -0.2) is 63.2 Å². The van der Waals surface area contributed by atoms with Gasteiger partial charge in [-0.1, -0.05) is 96.9 Å². The van der Waals surface area contributed by atoms with E-state index in [1.165, 1.54) is 6.33 Å². The lowest BCUT2D eigenvalue weighted by atomic mass is 9.80. The van der Waals surface area contributed by atoms with Crippen molar-refractivity contribution in [3.63, 3.8) is 0 Å². The molecule has 4 atom stereocenters. The van der Waals surface area contributed by atoms with Crippen LogP contribution in [0, 0.1) is 12.3 Å². The molecule has 1 N–H and O–H groups in total. The Kier molecular flexibility index (Phi) is 9.95. The summed E-state index contributed by atoms with van der Waals surface area (Å²) in [7, 11) is 0. The molecule has 1 saturated heterocycles. The van der Waals surface area contributed by atoms with Gasteiger partial charge in [0.1, 0.15) is 30.2 Å². The van der Waals surface area contributed by atoms with Gasteiger partial charge in [0.15, 0.2) is 23.2 Å². The Balaban J connectivity index is 1.42.